The molecule has 1 aliphatic rings. The van der Waals surface area contributed by atoms with Crippen molar-refractivity contribution in [2.75, 3.05) is 32.8 Å². The molecule has 0 radical (unpaired) electrons. The largest absolute Gasteiger partial charge is 0.491 e. The van der Waals surface area contributed by atoms with Crippen LogP contribution < -0.4 is 9.47 Å². The number of aryl methyl sites for hydroxylation is 2. The Hall–Kier alpha value is -2.08. The van der Waals surface area contributed by atoms with Crippen LogP contribution in [0.15, 0.2) is 48.5 Å². The van der Waals surface area contributed by atoms with E-state index in [9.17, 15) is 10.2 Å². The minimum absolute atomic E-state index is 0.236. The van der Waals surface area contributed by atoms with Crippen LogP contribution in [0.4, 0.5) is 0 Å². The summed E-state index contributed by atoms with van der Waals surface area (Å²) in [5.74, 6) is 2.15. The van der Waals surface area contributed by atoms with Crippen molar-refractivity contribution in [1.29, 1.82) is 0 Å². The first-order valence-electron chi connectivity index (χ1n) is 12.0. The van der Waals surface area contributed by atoms with Crippen LogP contribution in [-0.2, 0) is 0 Å². The summed E-state index contributed by atoms with van der Waals surface area (Å²) in [6.07, 6.45) is 5.07. The monoisotopic (exact) mass is 441 g/mol. The Balaban J connectivity index is 1.50. The van der Waals surface area contributed by atoms with Gasteiger partial charge < -0.3 is 19.7 Å². The maximum Gasteiger partial charge on any atom is 0.119 e. The van der Waals surface area contributed by atoms with Crippen LogP contribution in [0.2, 0.25) is 0 Å². The first-order valence-corrected chi connectivity index (χ1v) is 12.0. The fraction of sp³-hybridized carbons (Fsp3) is 0.556. The molecule has 1 aliphatic carbocycles. The second-order valence-electron chi connectivity index (χ2n) is 9.28. The average molecular weight is 442 g/mol. The Morgan fingerprint density at radius 3 is 1.62 bits per heavy atom. The fourth-order valence-corrected chi connectivity index (χ4v) is 4.31. The van der Waals surface area contributed by atoms with E-state index in [1.165, 1.54) is 43.2 Å². The molecule has 5 heteroatoms. The van der Waals surface area contributed by atoms with E-state index in [2.05, 4.69) is 4.90 Å². The van der Waals surface area contributed by atoms with Gasteiger partial charge in [0.05, 0.1) is 0 Å². The van der Waals surface area contributed by atoms with Crippen molar-refractivity contribution < 1.29 is 19.7 Å². The molecule has 0 heterocycles. The number of aliphatic hydroxyl groups excluding tert-OH is 2. The summed E-state index contributed by atoms with van der Waals surface area (Å²) in [4.78, 5) is 2.18. The van der Waals surface area contributed by atoms with Gasteiger partial charge in [-0.1, -0.05) is 54.7 Å². The number of hydrogen-bond acceptors (Lipinski definition) is 5. The molecule has 0 amide bonds. The van der Waals surface area contributed by atoms with E-state index in [-0.39, 0.29) is 13.2 Å². The zero-order chi connectivity index (χ0) is 22.8. The molecular weight excluding hydrogens is 402 g/mol. The lowest BCUT2D eigenvalue weighted by Gasteiger charge is -2.32. The van der Waals surface area contributed by atoms with Crippen molar-refractivity contribution >= 4 is 0 Å². The molecular formula is C27H39NO4. The number of benzene rings is 2. The van der Waals surface area contributed by atoms with Gasteiger partial charge in [-0.15, -0.1) is 0 Å². The summed E-state index contributed by atoms with van der Waals surface area (Å²) in [6, 6.07) is 15.7. The molecule has 0 saturated heterocycles. The first-order chi connectivity index (χ1) is 15.5. The van der Waals surface area contributed by atoms with Gasteiger partial charge >= 0.3 is 0 Å². The van der Waals surface area contributed by atoms with E-state index >= 15 is 0 Å². The molecule has 0 aliphatic heterocycles. The SMILES string of the molecule is Cc1ccc(OCC(O)CN(CC(O)COc2ccc(C)cc2)CC2CCCCC2)cc1. The van der Waals surface area contributed by atoms with Crippen molar-refractivity contribution in [2.45, 2.75) is 58.2 Å². The third-order valence-electron chi connectivity index (χ3n) is 6.11. The molecule has 176 valence electrons. The molecule has 1 fully saturated rings. The van der Waals surface area contributed by atoms with E-state index in [0.717, 1.165) is 18.0 Å². The molecule has 5 nitrogen and oxygen atoms in total. The Bertz CT molecular complexity index is 714. The zero-order valence-electron chi connectivity index (χ0n) is 19.6. The summed E-state index contributed by atoms with van der Waals surface area (Å²) in [6.45, 7) is 6.39. The van der Waals surface area contributed by atoms with Gasteiger partial charge in [0.25, 0.3) is 0 Å². The van der Waals surface area contributed by atoms with E-state index in [1.807, 2.05) is 62.4 Å². The summed E-state index contributed by atoms with van der Waals surface area (Å²) in [5.41, 5.74) is 2.36. The highest BCUT2D eigenvalue weighted by molar-refractivity contribution is 5.27. The third kappa shape index (κ3) is 8.81. The maximum absolute atomic E-state index is 10.6. The second kappa shape index (κ2) is 12.8. The summed E-state index contributed by atoms with van der Waals surface area (Å²) in [7, 11) is 0. The Morgan fingerprint density at radius 1 is 0.750 bits per heavy atom. The number of nitrogens with zero attached hydrogens (tertiary/aromatic N) is 1. The normalized spacial score (nSPS) is 16.7. The van der Waals surface area contributed by atoms with E-state index < -0.39 is 12.2 Å². The molecule has 2 aromatic carbocycles. The lowest BCUT2D eigenvalue weighted by Crippen LogP contribution is -2.44. The zero-order valence-corrected chi connectivity index (χ0v) is 19.6. The molecule has 32 heavy (non-hydrogen) atoms. The molecule has 1 saturated carbocycles. The van der Waals surface area contributed by atoms with Gasteiger partial charge in [0.1, 0.15) is 36.9 Å². The van der Waals surface area contributed by atoms with Crippen molar-refractivity contribution in [1.82, 2.24) is 4.90 Å². The van der Waals surface area contributed by atoms with Crippen molar-refractivity contribution in [3.63, 3.8) is 0 Å². The molecule has 2 unspecified atom stereocenters. The van der Waals surface area contributed by atoms with Gasteiger partial charge in [-0.2, -0.15) is 0 Å². The number of rotatable bonds is 12. The van der Waals surface area contributed by atoms with Crippen LogP contribution in [0.5, 0.6) is 11.5 Å². The summed E-state index contributed by atoms with van der Waals surface area (Å²) in [5, 5.41) is 21.3. The summed E-state index contributed by atoms with van der Waals surface area (Å²) >= 11 is 0. The quantitative estimate of drug-likeness (QED) is 0.512. The van der Waals surface area contributed by atoms with Crippen LogP contribution in [-0.4, -0.2) is 60.2 Å². The molecule has 3 rings (SSSR count). The van der Waals surface area contributed by atoms with Gasteiger partial charge in [-0.05, 0) is 56.9 Å². The predicted molar refractivity (Wildman–Crippen MR) is 128 cm³/mol. The molecule has 0 aromatic heterocycles. The van der Waals surface area contributed by atoms with E-state index in [0.29, 0.717) is 19.0 Å². The highest BCUT2D eigenvalue weighted by Crippen LogP contribution is 2.24. The Labute approximate surface area is 193 Å². The van der Waals surface area contributed by atoms with Crippen molar-refractivity contribution in [2.24, 2.45) is 5.92 Å². The molecule has 0 spiro atoms. The van der Waals surface area contributed by atoms with Crippen LogP contribution in [0, 0.1) is 19.8 Å². The van der Waals surface area contributed by atoms with Crippen LogP contribution in [0.3, 0.4) is 0 Å². The minimum atomic E-state index is -0.620. The number of ether oxygens (including phenoxy) is 2. The maximum atomic E-state index is 10.6. The topological polar surface area (TPSA) is 62.2 Å². The predicted octanol–water partition coefficient (Wildman–Crippen LogP) is 4.37. The van der Waals surface area contributed by atoms with Gasteiger partial charge in [0.15, 0.2) is 0 Å². The van der Waals surface area contributed by atoms with E-state index in [1.54, 1.807) is 0 Å². The van der Waals surface area contributed by atoms with Crippen LogP contribution >= 0.6 is 0 Å². The van der Waals surface area contributed by atoms with Gasteiger partial charge in [0, 0.05) is 19.6 Å². The summed E-state index contributed by atoms with van der Waals surface area (Å²) < 4.78 is 11.5. The fourth-order valence-electron chi connectivity index (χ4n) is 4.31. The minimum Gasteiger partial charge on any atom is -0.491 e. The lowest BCUT2D eigenvalue weighted by atomic mass is 9.89. The third-order valence-corrected chi connectivity index (χ3v) is 6.11. The van der Waals surface area contributed by atoms with Crippen LogP contribution in [0.1, 0.15) is 43.2 Å². The highest BCUT2D eigenvalue weighted by atomic mass is 16.5. The average Bonchev–Trinajstić information content (AvgIpc) is 2.79. The highest BCUT2D eigenvalue weighted by Gasteiger charge is 2.22. The molecule has 2 aromatic rings. The number of aliphatic hydroxyl groups is 2. The first kappa shape index (κ1) is 24.6. The smallest absolute Gasteiger partial charge is 0.119 e. The van der Waals surface area contributed by atoms with E-state index in [4.69, 9.17) is 9.47 Å². The number of hydrogen-bond donors (Lipinski definition) is 2. The lowest BCUT2D eigenvalue weighted by molar-refractivity contribution is 0.0232. The van der Waals surface area contributed by atoms with Crippen molar-refractivity contribution in [3.05, 3.63) is 59.7 Å². The molecule has 2 atom stereocenters. The van der Waals surface area contributed by atoms with Crippen molar-refractivity contribution in [3.8, 4) is 11.5 Å². The molecule has 2 N–H and O–H groups in total. The standard InChI is InChI=1S/C27H39NO4/c1-21-8-12-26(13-9-21)31-19-24(29)17-28(16-23-6-4-3-5-7-23)18-25(30)20-32-27-14-10-22(2)11-15-27/h8-15,23-25,29-30H,3-7,16-20H2,1-2H3. The van der Waals surface area contributed by atoms with Crippen LogP contribution in [0.25, 0.3) is 0 Å². The Morgan fingerprint density at radius 2 is 1.19 bits per heavy atom. The Kier molecular flexibility index (Phi) is 9.85. The van der Waals surface area contributed by atoms with Gasteiger partial charge in [-0.25, -0.2) is 0 Å². The molecule has 0 bridgehead atoms. The van der Waals surface area contributed by atoms with Gasteiger partial charge in [-0.3, -0.25) is 4.90 Å². The second-order valence-corrected chi connectivity index (χ2v) is 9.28. The van der Waals surface area contributed by atoms with Gasteiger partial charge in [0.2, 0.25) is 0 Å².